The summed E-state index contributed by atoms with van der Waals surface area (Å²) >= 11 is 0. The number of ether oxygens (including phenoxy) is 1. The minimum Gasteiger partial charge on any atom is -0.480 e. The van der Waals surface area contributed by atoms with Crippen molar-refractivity contribution < 1.29 is 14.6 Å². The Morgan fingerprint density at radius 3 is 3.15 bits per heavy atom. The maximum atomic E-state index is 10.8. The van der Waals surface area contributed by atoms with E-state index in [-0.39, 0.29) is 0 Å². The van der Waals surface area contributed by atoms with Gasteiger partial charge < -0.3 is 15.2 Å². The number of nitrogens with zero attached hydrogens (tertiary/aromatic N) is 1. The number of aromatic nitrogens is 1. The zero-order valence-electron chi connectivity index (χ0n) is 7.15. The highest BCUT2D eigenvalue weighted by molar-refractivity contribution is 5.92. The van der Waals surface area contributed by atoms with Crippen LogP contribution in [-0.2, 0) is 4.79 Å². The van der Waals surface area contributed by atoms with Crippen molar-refractivity contribution >= 4 is 11.6 Å². The lowest BCUT2D eigenvalue weighted by Gasteiger charge is -2.06. The third-order valence-electron chi connectivity index (χ3n) is 1.38. The number of aliphatic hydroxyl groups is 1. The Balaban J connectivity index is 2.81. The first-order valence-corrected chi connectivity index (χ1v) is 3.67. The Bertz CT molecular complexity index is 301. The Kier molecular flexibility index (Phi) is 3.22. The Labute approximate surface area is 75.4 Å². The fourth-order valence-corrected chi connectivity index (χ4v) is 0.838. The van der Waals surface area contributed by atoms with E-state index in [0.717, 1.165) is 0 Å². The largest absolute Gasteiger partial charge is 0.480 e. The van der Waals surface area contributed by atoms with Gasteiger partial charge in [0.25, 0.3) is 0 Å². The van der Waals surface area contributed by atoms with E-state index in [1.165, 1.54) is 7.11 Å². The summed E-state index contributed by atoms with van der Waals surface area (Å²) in [4.78, 5) is 14.7. The molecule has 1 heterocycles. The molecule has 0 fully saturated rings. The number of rotatable bonds is 3. The fourth-order valence-electron chi connectivity index (χ4n) is 0.838. The molecule has 0 spiro atoms. The molecule has 0 aliphatic carbocycles. The van der Waals surface area contributed by atoms with Crippen LogP contribution in [0.15, 0.2) is 18.3 Å². The summed E-state index contributed by atoms with van der Waals surface area (Å²) < 4.78 is 4.88. The SMILES string of the molecule is COc1ncccc1NC(=O)CO. The molecule has 0 atom stereocenters. The van der Waals surface area contributed by atoms with Crippen LogP contribution in [0.5, 0.6) is 5.88 Å². The van der Waals surface area contributed by atoms with Crippen molar-refractivity contribution in [2.24, 2.45) is 0 Å². The molecule has 1 aromatic rings. The second-order valence-electron chi connectivity index (χ2n) is 2.27. The van der Waals surface area contributed by atoms with Crippen LogP contribution in [0.4, 0.5) is 5.69 Å². The summed E-state index contributed by atoms with van der Waals surface area (Å²) in [6.07, 6.45) is 1.55. The Hall–Kier alpha value is -1.62. The van der Waals surface area contributed by atoms with Crippen LogP contribution in [0, 0.1) is 0 Å². The van der Waals surface area contributed by atoms with Gasteiger partial charge >= 0.3 is 0 Å². The second-order valence-corrected chi connectivity index (χ2v) is 2.27. The van der Waals surface area contributed by atoms with Crippen molar-refractivity contribution in [3.63, 3.8) is 0 Å². The molecule has 5 nitrogen and oxygen atoms in total. The van der Waals surface area contributed by atoms with E-state index in [1.807, 2.05) is 0 Å². The standard InChI is InChI=1S/C8H10N2O3/c1-13-8-6(3-2-4-9-8)10-7(12)5-11/h2-4,11H,5H2,1H3,(H,10,12). The lowest BCUT2D eigenvalue weighted by Crippen LogP contribution is -2.16. The fraction of sp³-hybridized carbons (Fsp3) is 0.250. The van der Waals surface area contributed by atoms with Gasteiger partial charge in [-0.3, -0.25) is 4.79 Å². The number of hydrogen-bond donors (Lipinski definition) is 2. The van der Waals surface area contributed by atoms with E-state index in [0.29, 0.717) is 11.6 Å². The number of anilines is 1. The molecule has 0 unspecified atom stereocenters. The Morgan fingerprint density at radius 1 is 1.77 bits per heavy atom. The van der Waals surface area contributed by atoms with Crippen LogP contribution >= 0.6 is 0 Å². The molecule has 0 aliphatic heterocycles. The van der Waals surface area contributed by atoms with Crippen LogP contribution in [0.25, 0.3) is 0 Å². The van der Waals surface area contributed by atoms with E-state index in [4.69, 9.17) is 9.84 Å². The molecule has 1 rings (SSSR count). The first-order chi connectivity index (χ1) is 6.27. The zero-order valence-corrected chi connectivity index (χ0v) is 7.15. The molecule has 0 bridgehead atoms. The summed E-state index contributed by atoms with van der Waals surface area (Å²) in [5.74, 6) is -0.171. The topological polar surface area (TPSA) is 71.5 Å². The van der Waals surface area contributed by atoms with Gasteiger partial charge in [0.1, 0.15) is 12.3 Å². The first kappa shape index (κ1) is 9.47. The molecule has 13 heavy (non-hydrogen) atoms. The third kappa shape index (κ3) is 2.41. The lowest BCUT2D eigenvalue weighted by molar-refractivity contribution is -0.118. The Morgan fingerprint density at radius 2 is 2.54 bits per heavy atom. The van der Waals surface area contributed by atoms with E-state index in [2.05, 4.69) is 10.3 Å². The third-order valence-corrected chi connectivity index (χ3v) is 1.38. The summed E-state index contributed by atoms with van der Waals surface area (Å²) in [6.45, 7) is -0.557. The van der Waals surface area contributed by atoms with Crippen molar-refractivity contribution in [1.29, 1.82) is 0 Å². The minimum absolute atomic E-state index is 0.323. The summed E-state index contributed by atoms with van der Waals surface area (Å²) in [5, 5.41) is 10.9. The van der Waals surface area contributed by atoms with Crippen molar-refractivity contribution in [2.75, 3.05) is 19.0 Å². The van der Waals surface area contributed by atoms with Gasteiger partial charge in [0.15, 0.2) is 0 Å². The average Bonchev–Trinajstić information content (AvgIpc) is 2.18. The van der Waals surface area contributed by atoms with Crippen LogP contribution in [0.1, 0.15) is 0 Å². The molecule has 1 aromatic heterocycles. The smallest absolute Gasteiger partial charge is 0.250 e. The van der Waals surface area contributed by atoms with Crippen LogP contribution in [-0.4, -0.2) is 29.7 Å². The van der Waals surface area contributed by atoms with Crippen molar-refractivity contribution in [1.82, 2.24) is 4.98 Å². The molecule has 0 saturated carbocycles. The maximum Gasteiger partial charge on any atom is 0.250 e. The molecule has 70 valence electrons. The molecule has 5 heteroatoms. The number of carbonyl (C=O) groups excluding carboxylic acids is 1. The van der Waals surface area contributed by atoms with Gasteiger partial charge in [-0.1, -0.05) is 0 Å². The van der Waals surface area contributed by atoms with E-state index < -0.39 is 12.5 Å². The predicted octanol–water partition coefficient (Wildman–Crippen LogP) is 0.0210. The average molecular weight is 182 g/mol. The molecule has 0 aromatic carbocycles. The number of amides is 1. The van der Waals surface area contributed by atoms with Gasteiger partial charge in [0.2, 0.25) is 11.8 Å². The number of nitrogens with one attached hydrogen (secondary N) is 1. The molecule has 0 saturated heterocycles. The first-order valence-electron chi connectivity index (χ1n) is 3.67. The van der Waals surface area contributed by atoms with Gasteiger partial charge in [-0.2, -0.15) is 0 Å². The monoisotopic (exact) mass is 182 g/mol. The number of carbonyl (C=O) groups is 1. The lowest BCUT2D eigenvalue weighted by atomic mass is 10.4. The highest BCUT2D eigenvalue weighted by Crippen LogP contribution is 2.19. The van der Waals surface area contributed by atoms with Gasteiger partial charge in [-0.25, -0.2) is 4.98 Å². The normalized spacial score (nSPS) is 9.38. The maximum absolute atomic E-state index is 10.8. The quantitative estimate of drug-likeness (QED) is 0.691. The molecule has 0 radical (unpaired) electrons. The predicted molar refractivity (Wildman–Crippen MR) is 46.5 cm³/mol. The number of methoxy groups -OCH3 is 1. The molecular weight excluding hydrogens is 172 g/mol. The molecular formula is C8H10N2O3. The summed E-state index contributed by atoms with van der Waals surface area (Å²) in [5.41, 5.74) is 0.448. The van der Waals surface area contributed by atoms with E-state index in [1.54, 1.807) is 18.3 Å². The highest BCUT2D eigenvalue weighted by atomic mass is 16.5. The molecule has 2 N–H and O–H groups in total. The minimum atomic E-state index is -0.557. The number of aliphatic hydroxyl groups excluding tert-OH is 1. The van der Waals surface area contributed by atoms with Gasteiger partial charge in [0.05, 0.1) is 7.11 Å². The molecule has 0 aliphatic rings. The van der Waals surface area contributed by atoms with Crippen molar-refractivity contribution in [2.45, 2.75) is 0 Å². The highest BCUT2D eigenvalue weighted by Gasteiger charge is 2.05. The zero-order chi connectivity index (χ0) is 9.68. The van der Waals surface area contributed by atoms with Gasteiger partial charge in [-0.05, 0) is 12.1 Å². The summed E-state index contributed by atoms with van der Waals surface area (Å²) in [6, 6.07) is 3.30. The number of hydrogen-bond acceptors (Lipinski definition) is 4. The van der Waals surface area contributed by atoms with Gasteiger partial charge in [0, 0.05) is 6.20 Å². The van der Waals surface area contributed by atoms with E-state index in [9.17, 15) is 4.79 Å². The number of pyridine rings is 1. The van der Waals surface area contributed by atoms with E-state index >= 15 is 0 Å². The second kappa shape index (κ2) is 4.42. The molecule has 1 amide bonds. The van der Waals surface area contributed by atoms with Crippen molar-refractivity contribution in [3.8, 4) is 5.88 Å². The van der Waals surface area contributed by atoms with Crippen LogP contribution in [0.3, 0.4) is 0 Å². The summed E-state index contributed by atoms with van der Waals surface area (Å²) in [7, 11) is 1.46. The van der Waals surface area contributed by atoms with Crippen LogP contribution in [0.2, 0.25) is 0 Å². The van der Waals surface area contributed by atoms with Crippen molar-refractivity contribution in [3.05, 3.63) is 18.3 Å². The van der Waals surface area contributed by atoms with Crippen LogP contribution < -0.4 is 10.1 Å². The van der Waals surface area contributed by atoms with Gasteiger partial charge in [-0.15, -0.1) is 0 Å².